The molecule has 104 valence electrons. The van der Waals surface area contributed by atoms with Crippen LogP contribution in [-0.4, -0.2) is 31.1 Å². The third-order valence-electron chi connectivity index (χ3n) is 2.69. The highest BCUT2D eigenvalue weighted by Gasteiger charge is 2.08. The molecular formula is C13H9ClN6O. The Kier molecular flexibility index (Phi) is 3.57. The fourth-order valence-electron chi connectivity index (χ4n) is 1.70. The van der Waals surface area contributed by atoms with Crippen LogP contribution in [0.3, 0.4) is 0 Å². The lowest BCUT2D eigenvalue weighted by Crippen LogP contribution is -2.13. The van der Waals surface area contributed by atoms with Crippen LogP contribution in [0.15, 0.2) is 48.9 Å². The molecule has 0 aliphatic rings. The first-order valence-corrected chi connectivity index (χ1v) is 6.36. The third-order valence-corrected chi connectivity index (χ3v) is 2.93. The molecule has 0 bridgehead atoms. The summed E-state index contributed by atoms with van der Waals surface area (Å²) in [4.78, 5) is 16.0. The van der Waals surface area contributed by atoms with Gasteiger partial charge in [0.05, 0.1) is 5.69 Å². The normalized spacial score (nSPS) is 10.3. The lowest BCUT2D eigenvalue weighted by Gasteiger charge is -2.06. The van der Waals surface area contributed by atoms with Gasteiger partial charge in [-0.15, -0.1) is 5.10 Å². The van der Waals surface area contributed by atoms with E-state index in [1.165, 1.54) is 23.3 Å². The van der Waals surface area contributed by atoms with Crippen molar-refractivity contribution in [3.8, 4) is 5.69 Å². The molecule has 21 heavy (non-hydrogen) atoms. The average molecular weight is 301 g/mol. The van der Waals surface area contributed by atoms with Crippen molar-refractivity contribution in [3.63, 3.8) is 0 Å². The Hall–Kier alpha value is -2.80. The number of carbonyl (C=O) groups is 1. The minimum absolute atomic E-state index is 0.257. The summed E-state index contributed by atoms with van der Waals surface area (Å²) in [6.07, 6.45) is 2.97. The van der Waals surface area contributed by atoms with Crippen molar-refractivity contribution in [3.05, 3.63) is 59.6 Å². The smallest absolute Gasteiger partial charge is 0.274 e. The number of pyridine rings is 1. The summed E-state index contributed by atoms with van der Waals surface area (Å²) in [5.74, 6) is -0.326. The van der Waals surface area contributed by atoms with Crippen molar-refractivity contribution in [1.29, 1.82) is 0 Å². The first-order valence-electron chi connectivity index (χ1n) is 5.99. The van der Waals surface area contributed by atoms with Crippen LogP contribution in [0.5, 0.6) is 0 Å². The van der Waals surface area contributed by atoms with E-state index in [9.17, 15) is 4.79 Å². The summed E-state index contributed by atoms with van der Waals surface area (Å²) < 4.78 is 1.52. The molecule has 8 heteroatoms. The van der Waals surface area contributed by atoms with E-state index in [0.29, 0.717) is 10.7 Å². The molecule has 2 heterocycles. The predicted octanol–water partition coefficient (Wildman–Crippen LogP) is 1.96. The number of hydrogen-bond acceptors (Lipinski definition) is 5. The van der Waals surface area contributed by atoms with Gasteiger partial charge in [-0.05, 0) is 46.8 Å². The number of nitrogens with zero attached hydrogens (tertiary/aromatic N) is 5. The lowest BCUT2D eigenvalue weighted by molar-refractivity contribution is 0.102. The molecule has 0 fully saturated rings. The summed E-state index contributed by atoms with van der Waals surface area (Å²) in [5.41, 5.74) is 1.68. The monoisotopic (exact) mass is 300 g/mol. The summed E-state index contributed by atoms with van der Waals surface area (Å²) in [5, 5.41) is 14.1. The summed E-state index contributed by atoms with van der Waals surface area (Å²) in [6, 6.07) is 10.2. The quantitative estimate of drug-likeness (QED) is 0.799. The fraction of sp³-hybridized carbons (Fsp3) is 0. The molecule has 1 N–H and O–H groups in total. The molecule has 0 aliphatic carbocycles. The largest absolute Gasteiger partial charge is 0.321 e. The van der Waals surface area contributed by atoms with Gasteiger partial charge in [0.15, 0.2) is 0 Å². The van der Waals surface area contributed by atoms with Gasteiger partial charge in [-0.1, -0.05) is 11.6 Å². The zero-order valence-electron chi connectivity index (χ0n) is 10.6. The Bertz CT molecular complexity index is 757. The summed E-state index contributed by atoms with van der Waals surface area (Å²) in [6.45, 7) is 0. The number of hydrogen-bond donors (Lipinski definition) is 1. The van der Waals surface area contributed by atoms with Crippen molar-refractivity contribution < 1.29 is 4.79 Å². The molecule has 0 atom stereocenters. The highest BCUT2D eigenvalue weighted by atomic mass is 35.5. The molecule has 3 rings (SSSR count). The van der Waals surface area contributed by atoms with Crippen LogP contribution in [0.2, 0.25) is 5.02 Å². The van der Waals surface area contributed by atoms with Crippen LogP contribution in [0.4, 0.5) is 5.69 Å². The molecular weight excluding hydrogens is 292 g/mol. The molecule has 1 amide bonds. The highest BCUT2D eigenvalue weighted by Crippen LogP contribution is 2.14. The van der Waals surface area contributed by atoms with E-state index in [4.69, 9.17) is 11.6 Å². The number of benzene rings is 1. The number of rotatable bonds is 3. The number of amides is 1. The topological polar surface area (TPSA) is 85.6 Å². The van der Waals surface area contributed by atoms with Crippen molar-refractivity contribution >= 4 is 23.2 Å². The second-order valence-corrected chi connectivity index (χ2v) is 4.55. The highest BCUT2D eigenvalue weighted by molar-refractivity contribution is 6.30. The molecule has 0 unspecified atom stereocenters. The fourth-order valence-corrected chi connectivity index (χ4v) is 1.86. The van der Waals surface area contributed by atoms with Gasteiger partial charge in [-0.2, -0.15) is 0 Å². The van der Waals surface area contributed by atoms with Crippen LogP contribution in [-0.2, 0) is 0 Å². The molecule has 2 aromatic heterocycles. The van der Waals surface area contributed by atoms with E-state index < -0.39 is 0 Å². The Morgan fingerprint density at radius 3 is 2.67 bits per heavy atom. The molecule has 0 spiro atoms. The minimum Gasteiger partial charge on any atom is -0.321 e. The minimum atomic E-state index is -0.326. The van der Waals surface area contributed by atoms with Gasteiger partial charge >= 0.3 is 0 Å². The van der Waals surface area contributed by atoms with Crippen molar-refractivity contribution in [2.75, 3.05) is 5.32 Å². The standard InChI is InChI=1S/C13H9ClN6O/c14-9-5-6-15-12(7-9)13(21)17-10-1-3-11(4-2-10)20-8-16-18-19-20/h1-8H,(H,17,21). The van der Waals surface area contributed by atoms with Gasteiger partial charge in [0.25, 0.3) is 5.91 Å². The van der Waals surface area contributed by atoms with Crippen molar-refractivity contribution in [1.82, 2.24) is 25.2 Å². The zero-order chi connectivity index (χ0) is 14.7. The van der Waals surface area contributed by atoms with Gasteiger partial charge in [0.2, 0.25) is 0 Å². The first-order chi connectivity index (χ1) is 10.2. The van der Waals surface area contributed by atoms with E-state index in [1.807, 2.05) is 0 Å². The van der Waals surface area contributed by atoms with E-state index >= 15 is 0 Å². The van der Waals surface area contributed by atoms with E-state index in [0.717, 1.165) is 5.69 Å². The van der Waals surface area contributed by atoms with E-state index in [2.05, 4.69) is 25.8 Å². The number of tetrazole rings is 1. The van der Waals surface area contributed by atoms with Crippen LogP contribution >= 0.6 is 11.6 Å². The average Bonchev–Trinajstić information content (AvgIpc) is 3.02. The maximum Gasteiger partial charge on any atom is 0.274 e. The van der Waals surface area contributed by atoms with Crippen LogP contribution in [0, 0.1) is 0 Å². The Morgan fingerprint density at radius 2 is 2.00 bits per heavy atom. The third kappa shape index (κ3) is 3.03. The van der Waals surface area contributed by atoms with Crippen molar-refractivity contribution in [2.45, 2.75) is 0 Å². The molecule has 3 aromatic rings. The SMILES string of the molecule is O=C(Nc1ccc(-n2cnnn2)cc1)c1cc(Cl)ccn1. The number of carbonyl (C=O) groups excluding carboxylic acids is 1. The molecule has 1 aromatic carbocycles. The van der Waals surface area contributed by atoms with Gasteiger partial charge in [0, 0.05) is 16.9 Å². The molecule has 0 radical (unpaired) electrons. The van der Waals surface area contributed by atoms with Gasteiger partial charge < -0.3 is 5.32 Å². The lowest BCUT2D eigenvalue weighted by atomic mass is 10.2. The Labute approximate surface area is 124 Å². The van der Waals surface area contributed by atoms with Gasteiger partial charge in [-0.3, -0.25) is 9.78 Å². The summed E-state index contributed by atoms with van der Waals surface area (Å²) >= 11 is 5.83. The number of halogens is 1. The Morgan fingerprint density at radius 1 is 1.19 bits per heavy atom. The van der Waals surface area contributed by atoms with Crippen LogP contribution in [0.25, 0.3) is 5.69 Å². The predicted molar refractivity (Wildman–Crippen MR) is 76.4 cm³/mol. The molecule has 0 saturated heterocycles. The molecule has 0 aliphatic heterocycles. The second kappa shape index (κ2) is 5.68. The zero-order valence-corrected chi connectivity index (χ0v) is 11.4. The van der Waals surface area contributed by atoms with Gasteiger partial charge in [-0.25, -0.2) is 4.68 Å². The number of anilines is 1. The van der Waals surface area contributed by atoms with Gasteiger partial charge in [0.1, 0.15) is 12.0 Å². The van der Waals surface area contributed by atoms with Crippen LogP contribution in [0.1, 0.15) is 10.5 Å². The van der Waals surface area contributed by atoms with Crippen LogP contribution < -0.4 is 5.32 Å². The molecule has 7 nitrogen and oxygen atoms in total. The summed E-state index contributed by atoms with van der Waals surface area (Å²) in [7, 11) is 0. The second-order valence-electron chi connectivity index (χ2n) is 4.11. The van der Waals surface area contributed by atoms with E-state index in [-0.39, 0.29) is 11.6 Å². The maximum absolute atomic E-state index is 12.0. The number of aromatic nitrogens is 5. The molecule has 0 saturated carbocycles. The maximum atomic E-state index is 12.0. The van der Waals surface area contributed by atoms with E-state index in [1.54, 1.807) is 30.3 Å². The Balaban J connectivity index is 1.75. The van der Waals surface area contributed by atoms with Crippen molar-refractivity contribution in [2.24, 2.45) is 0 Å². The number of nitrogens with one attached hydrogen (secondary N) is 1. The first kappa shape index (κ1) is 13.2.